The molecule has 16 heavy (non-hydrogen) atoms. The summed E-state index contributed by atoms with van der Waals surface area (Å²) in [5.74, 6) is 0. The van der Waals surface area contributed by atoms with Gasteiger partial charge in [0, 0.05) is 15.9 Å². The fourth-order valence-corrected chi connectivity index (χ4v) is 3.17. The summed E-state index contributed by atoms with van der Waals surface area (Å²) in [4.78, 5) is 1.18. The lowest BCUT2D eigenvalue weighted by atomic mass is 10.2. The van der Waals surface area contributed by atoms with E-state index in [9.17, 15) is 0 Å². The van der Waals surface area contributed by atoms with Crippen molar-refractivity contribution in [2.75, 3.05) is 13.1 Å². The van der Waals surface area contributed by atoms with Crippen molar-refractivity contribution in [3.63, 3.8) is 0 Å². The molecular formula is C11H16BrClN2S. The van der Waals surface area contributed by atoms with Crippen LogP contribution in [0.5, 0.6) is 0 Å². The summed E-state index contributed by atoms with van der Waals surface area (Å²) < 4.78 is 1.73. The summed E-state index contributed by atoms with van der Waals surface area (Å²) in [5.41, 5.74) is 5.75. The number of rotatable bonds is 6. The van der Waals surface area contributed by atoms with Crippen LogP contribution in [0.2, 0.25) is 4.34 Å². The third-order valence-electron chi connectivity index (χ3n) is 2.18. The summed E-state index contributed by atoms with van der Waals surface area (Å²) in [6.07, 6.45) is 5.21. The molecular weight excluding hydrogens is 308 g/mol. The molecule has 1 rings (SSSR count). The van der Waals surface area contributed by atoms with E-state index in [-0.39, 0.29) is 6.04 Å². The maximum atomic E-state index is 6.01. The molecule has 0 saturated heterocycles. The Morgan fingerprint density at radius 3 is 2.94 bits per heavy atom. The van der Waals surface area contributed by atoms with Crippen molar-refractivity contribution in [1.29, 1.82) is 0 Å². The summed E-state index contributed by atoms with van der Waals surface area (Å²) in [6.45, 7) is 3.54. The average molecular weight is 324 g/mol. The Morgan fingerprint density at radius 1 is 1.69 bits per heavy atom. The van der Waals surface area contributed by atoms with Crippen LogP contribution in [0.4, 0.5) is 0 Å². The van der Waals surface area contributed by atoms with Crippen LogP contribution in [-0.2, 0) is 0 Å². The van der Waals surface area contributed by atoms with Gasteiger partial charge in [0.1, 0.15) is 4.34 Å². The molecule has 0 bridgehead atoms. The molecule has 0 aliphatic rings. The second kappa shape index (κ2) is 7.45. The standard InChI is InChI=1S/C11H16BrClN2S/c1-2-3-4-5-15-9(7-14)10-6-8(12)11(13)16-10/h2-3,6,9,15H,4-5,7,14H2,1H3/b3-2+. The second-order valence-corrected chi connectivity index (χ2v) is 5.91. The van der Waals surface area contributed by atoms with Crippen molar-refractivity contribution in [1.82, 2.24) is 5.32 Å². The Balaban J connectivity index is 2.53. The molecule has 1 unspecified atom stereocenters. The lowest BCUT2D eigenvalue weighted by molar-refractivity contribution is 0.556. The molecule has 0 fully saturated rings. The van der Waals surface area contributed by atoms with Crippen LogP contribution in [-0.4, -0.2) is 13.1 Å². The van der Waals surface area contributed by atoms with E-state index < -0.39 is 0 Å². The zero-order valence-electron chi connectivity index (χ0n) is 9.17. The van der Waals surface area contributed by atoms with Gasteiger partial charge in [0.2, 0.25) is 0 Å². The van der Waals surface area contributed by atoms with E-state index in [1.165, 1.54) is 4.88 Å². The number of nitrogens with two attached hydrogens (primary N) is 1. The first-order chi connectivity index (χ1) is 7.69. The van der Waals surface area contributed by atoms with Crippen LogP contribution in [0.25, 0.3) is 0 Å². The van der Waals surface area contributed by atoms with Crippen molar-refractivity contribution in [2.24, 2.45) is 5.73 Å². The van der Waals surface area contributed by atoms with Crippen molar-refractivity contribution < 1.29 is 0 Å². The highest BCUT2D eigenvalue weighted by molar-refractivity contribution is 9.10. The first kappa shape index (κ1) is 14.2. The predicted molar refractivity (Wildman–Crippen MR) is 76.3 cm³/mol. The Morgan fingerprint density at radius 2 is 2.44 bits per heavy atom. The predicted octanol–water partition coefficient (Wildman–Crippen LogP) is 3.72. The molecule has 1 aromatic heterocycles. The van der Waals surface area contributed by atoms with Gasteiger partial charge in [-0.25, -0.2) is 0 Å². The Hall–Kier alpha value is 0.130. The molecule has 0 aliphatic heterocycles. The molecule has 1 heterocycles. The van der Waals surface area contributed by atoms with E-state index in [1.54, 1.807) is 11.3 Å². The quantitative estimate of drug-likeness (QED) is 0.618. The Kier molecular flexibility index (Phi) is 6.61. The highest BCUT2D eigenvalue weighted by atomic mass is 79.9. The molecule has 1 atom stereocenters. The van der Waals surface area contributed by atoms with Gasteiger partial charge in [-0.3, -0.25) is 0 Å². The summed E-state index contributed by atoms with van der Waals surface area (Å²) in [7, 11) is 0. The Bertz CT molecular complexity index is 332. The lowest BCUT2D eigenvalue weighted by Crippen LogP contribution is -2.28. The fourth-order valence-electron chi connectivity index (χ4n) is 1.34. The SMILES string of the molecule is C/C=C/CCNC(CN)c1cc(Br)c(Cl)s1. The van der Waals surface area contributed by atoms with Gasteiger partial charge >= 0.3 is 0 Å². The zero-order chi connectivity index (χ0) is 12.0. The van der Waals surface area contributed by atoms with Gasteiger partial charge in [0.15, 0.2) is 0 Å². The maximum Gasteiger partial charge on any atom is 0.107 e. The maximum absolute atomic E-state index is 6.01. The molecule has 0 aliphatic carbocycles. The van der Waals surface area contributed by atoms with E-state index in [0.717, 1.165) is 21.8 Å². The molecule has 1 aromatic rings. The third-order valence-corrected chi connectivity index (χ3v) is 4.77. The van der Waals surface area contributed by atoms with Crippen LogP contribution in [0.1, 0.15) is 24.3 Å². The fraction of sp³-hybridized carbons (Fsp3) is 0.455. The molecule has 0 amide bonds. The molecule has 90 valence electrons. The van der Waals surface area contributed by atoms with Crippen LogP contribution in [0.15, 0.2) is 22.7 Å². The number of nitrogens with one attached hydrogen (secondary N) is 1. The first-order valence-corrected chi connectivity index (χ1v) is 7.17. The minimum atomic E-state index is 0.194. The first-order valence-electron chi connectivity index (χ1n) is 5.18. The largest absolute Gasteiger partial charge is 0.329 e. The molecule has 0 radical (unpaired) electrons. The minimum Gasteiger partial charge on any atom is -0.329 e. The number of halogens is 2. The zero-order valence-corrected chi connectivity index (χ0v) is 12.3. The van der Waals surface area contributed by atoms with Gasteiger partial charge in [0.25, 0.3) is 0 Å². The second-order valence-electron chi connectivity index (χ2n) is 3.37. The molecule has 5 heteroatoms. The van der Waals surface area contributed by atoms with Crippen molar-refractivity contribution in [3.8, 4) is 0 Å². The van der Waals surface area contributed by atoms with E-state index >= 15 is 0 Å². The third kappa shape index (κ3) is 4.18. The number of hydrogen-bond acceptors (Lipinski definition) is 3. The highest BCUT2D eigenvalue weighted by Gasteiger charge is 2.13. The van der Waals surface area contributed by atoms with Gasteiger partial charge in [-0.1, -0.05) is 23.8 Å². The van der Waals surface area contributed by atoms with Crippen molar-refractivity contribution in [2.45, 2.75) is 19.4 Å². The van der Waals surface area contributed by atoms with Gasteiger partial charge in [-0.2, -0.15) is 0 Å². The number of hydrogen-bond donors (Lipinski definition) is 2. The van der Waals surface area contributed by atoms with Crippen LogP contribution >= 0.6 is 38.9 Å². The molecule has 0 spiro atoms. The summed E-state index contributed by atoms with van der Waals surface area (Å²) in [6, 6.07) is 2.23. The lowest BCUT2D eigenvalue weighted by Gasteiger charge is -2.14. The number of thiophene rings is 1. The summed E-state index contributed by atoms with van der Waals surface area (Å²) in [5, 5.41) is 3.42. The van der Waals surface area contributed by atoms with E-state index in [4.69, 9.17) is 17.3 Å². The van der Waals surface area contributed by atoms with Crippen LogP contribution in [0, 0.1) is 0 Å². The molecule has 2 nitrogen and oxygen atoms in total. The van der Waals surface area contributed by atoms with Gasteiger partial charge in [-0.15, -0.1) is 11.3 Å². The monoisotopic (exact) mass is 322 g/mol. The van der Waals surface area contributed by atoms with Crippen LogP contribution in [0.3, 0.4) is 0 Å². The minimum absolute atomic E-state index is 0.194. The summed E-state index contributed by atoms with van der Waals surface area (Å²) >= 11 is 11.0. The molecule has 0 saturated carbocycles. The molecule has 0 aromatic carbocycles. The van der Waals surface area contributed by atoms with Crippen LogP contribution < -0.4 is 11.1 Å². The van der Waals surface area contributed by atoms with E-state index in [0.29, 0.717) is 6.54 Å². The van der Waals surface area contributed by atoms with Crippen molar-refractivity contribution in [3.05, 3.63) is 31.9 Å². The van der Waals surface area contributed by atoms with Gasteiger partial charge in [-0.05, 0) is 41.9 Å². The normalized spacial score (nSPS) is 13.5. The Labute approximate surface area is 114 Å². The van der Waals surface area contributed by atoms with Gasteiger partial charge in [0.05, 0.1) is 6.04 Å². The molecule has 3 N–H and O–H groups in total. The highest BCUT2D eigenvalue weighted by Crippen LogP contribution is 2.34. The topological polar surface area (TPSA) is 38.0 Å². The smallest absolute Gasteiger partial charge is 0.107 e. The van der Waals surface area contributed by atoms with Gasteiger partial charge < -0.3 is 11.1 Å². The average Bonchev–Trinajstić information content (AvgIpc) is 2.59. The number of allylic oxidation sites excluding steroid dienone is 1. The van der Waals surface area contributed by atoms with E-state index in [1.807, 2.05) is 13.0 Å². The van der Waals surface area contributed by atoms with Crippen molar-refractivity contribution >= 4 is 38.9 Å². The van der Waals surface area contributed by atoms with E-state index in [2.05, 4.69) is 33.4 Å².